The van der Waals surface area contributed by atoms with Gasteiger partial charge in [0, 0.05) is 12.1 Å². The number of carboxylic acid groups (broad SMARTS) is 1. The minimum atomic E-state index is -1.21. The first-order valence-electron chi connectivity index (χ1n) is 5.09. The average molecular weight is 263 g/mol. The van der Waals surface area contributed by atoms with Crippen molar-refractivity contribution >= 4 is 17.7 Å². The van der Waals surface area contributed by atoms with Crippen LogP contribution in [0.15, 0.2) is 24.3 Å². The molecule has 1 heterocycles. The number of rotatable bonds is 3. The monoisotopic (exact) mass is 263 g/mol. The quantitative estimate of drug-likeness (QED) is 0.555. The summed E-state index contributed by atoms with van der Waals surface area (Å²) in [5.41, 5.74) is -0.247. The fourth-order valence-electron chi connectivity index (χ4n) is 1.39. The molecule has 2 rings (SSSR count). The van der Waals surface area contributed by atoms with Gasteiger partial charge in [0.2, 0.25) is 0 Å². The van der Waals surface area contributed by atoms with Crippen molar-refractivity contribution < 1.29 is 24.9 Å². The van der Waals surface area contributed by atoms with E-state index in [0.717, 1.165) is 12.1 Å². The Balaban J connectivity index is 2.18. The van der Waals surface area contributed by atoms with Crippen LogP contribution in [0.25, 0.3) is 0 Å². The Hall–Kier alpha value is -3.03. The first-order chi connectivity index (χ1) is 8.97. The molecule has 0 saturated heterocycles. The molecule has 0 fully saturated rings. The number of phenols is 2. The van der Waals surface area contributed by atoms with E-state index in [4.69, 9.17) is 10.2 Å². The molecule has 1 amide bonds. The molecule has 8 nitrogen and oxygen atoms in total. The number of nitrogens with one attached hydrogen (secondary N) is 2. The molecule has 5 N–H and O–H groups in total. The number of anilines is 1. The molecule has 0 aliphatic carbocycles. The highest BCUT2D eigenvalue weighted by Crippen LogP contribution is 2.23. The third-order valence-corrected chi connectivity index (χ3v) is 2.28. The predicted octanol–water partition coefficient (Wildman–Crippen LogP) is 0.771. The Morgan fingerprint density at radius 2 is 1.95 bits per heavy atom. The zero-order chi connectivity index (χ0) is 14.0. The SMILES string of the molecule is O=C(O)c1cc(NC(=O)c2ccc(O)cc2O)n[nH]1. The maximum Gasteiger partial charge on any atom is 0.353 e. The third kappa shape index (κ3) is 2.63. The highest BCUT2D eigenvalue weighted by atomic mass is 16.4. The number of carbonyl (C=O) groups excluding carboxylic acids is 1. The van der Waals surface area contributed by atoms with E-state index in [9.17, 15) is 14.7 Å². The van der Waals surface area contributed by atoms with Gasteiger partial charge in [0.05, 0.1) is 5.56 Å². The molecule has 2 aromatic rings. The van der Waals surface area contributed by atoms with Gasteiger partial charge in [-0.1, -0.05) is 0 Å². The smallest absolute Gasteiger partial charge is 0.353 e. The topological polar surface area (TPSA) is 136 Å². The molecule has 0 spiro atoms. The lowest BCUT2D eigenvalue weighted by atomic mass is 10.2. The highest BCUT2D eigenvalue weighted by Gasteiger charge is 2.14. The summed E-state index contributed by atoms with van der Waals surface area (Å²) in [4.78, 5) is 22.4. The third-order valence-electron chi connectivity index (χ3n) is 2.28. The molecule has 0 radical (unpaired) electrons. The number of amides is 1. The Bertz CT molecular complexity index is 650. The number of aromatic amines is 1. The zero-order valence-electron chi connectivity index (χ0n) is 9.41. The van der Waals surface area contributed by atoms with Gasteiger partial charge >= 0.3 is 5.97 Å². The lowest BCUT2D eigenvalue weighted by Gasteiger charge is -2.04. The number of aromatic hydroxyl groups is 2. The Morgan fingerprint density at radius 1 is 1.21 bits per heavy atom. The van der Waals surface area contributed by atoms with Gasteiger partial charge < -0.3 is 20.6 Å². The van der Waals surface area contributed by atoms with E-state index in [1.165, 1.54) is 12.1 Å². The van der Waals surface area contributed by atoms with Crippen LogP contribution in [0.3, 0.4) is 0 Å². The average Bonchev–Trinajstić information content (AvgIpc) is 2.77. The molecule has 1 aromatic carbocycles. The molecule has 0 aliphatic heterocycles. The molecule has 0 unspecified atom stereocenters. The standard InChI is InChI=1S/C11H9N3O5/c15-5-1-2-6(8(16)3-5)10(17)12-9-4-7(11(18)19)13-14-9/h1-4,15-16H,(H,18,19)(H2,12,13,14,17). The second kappa shape index (κ2) is 4.69. The molecule has 19 heavy (non-hydrogen) atoms. The van der Waals surface area contributed by atoms with Crippen LogP contribution < -0.4 is 5.32 Å². The summed E-state index contributed by atoms with van der Waals surface area (Å²) >= 11 is 0. The van der Waals surface area contributed by atoms with Crippen molar-refractivity contribution in [2.75, 3.05) is 5.32 Å². The molecule has 0 saturated carbocycles. The first kappa shape index (κ1) is 12.4. The highest BCUT2D eigenvalue weighted by molar-refractivity contribution is 6.06. The van der Waals surface area contributed by atoms with Gasteiger partial charge in [-0.05, 0) is 12.1 Å². The second-order valence-corrected chi connectivity index (χ2v) is 3.63. The van der Waals surface area contributed by atoms with Crippen molar-refractivity contribution in [3.05, 3.63) is 35.5 Å². The van der Waals surface area contributed by atoms with Crippen molar-refractivity contribution in [1.82, 2.24) is 10.2 Å². The number of H-pyrrole nitrogens is 1. The van der Waals surface area contributed by atoms with Gasteiger partial charge in [-0.15, -0.1) is 0 Å². The summed E-state index contributed by atoms with van der Waals surface area (Å²) in [5.74, 6) is -2.45. The van der Waals surface area contributed by atoms with Gasteiger partial charge in [0.1, 0.15) is 17.2 Å². The summed E-state index contributed by atoms with van der Waals surface area (Å²) in [5, 5.41) is 35.4. The molecule has 8 heteroatoms. The van der Waals surface area contributed by atoms with Gasteiger partial charge in [-0.3, -0.25) is 9.89 Å². The molecule has 0 bridgehead atoms. The van der Waals surface area contributed by atoms with Crippen molar-refractivity contribution in [3.8, 4) is 11.5 Å². The largest absolute Gasteiger partial charge is 0.508 e. The van der Waals surface area contributed by atoms with Crippen LogP contribution in [-0.4, -0.2) is 37.4 Å². The molecule has 0 atom stereocenters. The van der Waals surface area contributed by atoms with Crippen LogP contribution in [0.5, 0.6) is 11.5 Å². The molecular weight excluding hydrogens is 254 g/mol. The number of benzene rings is 1. The van der Waals surface area contributed by atoms with E-state index in [1.807, 2.05) is 0 Å². The van der Waals surface area contributed by atoms with Crippen molar-refractivity contribution in [2.45, 2.75) is 0 Å². The van der Waals surface area contributed by atoms with Gasteiger partial charge in [-0.25, -0.2) is 4.79 Å². The maximum atomic E-state index is 11.8. The molecule has 1 aromatic heterocycles. The number of aromatic carboxylic acids is 1. The van der Waals surface area contributed by atoms with Crippen LogP contribution in [0.2, 0.25) is 0 Å². The van der Waals surface area contributed by atoms with Crippen LogP contribution in [0.1, 0.15) is 20.8 Å². The van der Waals surface area contributed by atoms with E-state index >= 15 is 0 Å². The van der Waals surface area contributed by atoms with E-state index in [1.54, 1.807) is 0 Å². The van der Waals surface area contributed by atoms with Crippen molar-refractivity contribution in [1.29, 1.82) is 0 Å². The van der Waals surface area contributed by atoms with Crippen molar-refractivity contribution in [2.24, 2.45) is 0 Å². The fourth-order valence-corrected chi connectivity index (χ4v) is 1.39. The van der Waals surface area contributed by atoms with Gasteiger partial charge in [-0.2, -0.15) is 5.10 Å². The Morgan fingerprint density at radius 3 is 2.53 bits per heavy atom. The number of hydrogen-bond acceptors (Lipinski definition) is 5. The summed E-state index contributed by atoms with van der Waals surface area (Å²) in [6.07, 6.45) is 0. The van der Waals surface area contributed by atoms with Gasteiger partial charge in [0.25, 0.3) is 5.91 Å². The second-order valence-electron chi connectivity index (χ2n) is 3.63. The summed E-state index contributed by atoms with van der Waals surface area (Å²) < 4.78 is 0. The first-order valence-corrected chi connectivity index (χ1v) is 5.09. The van der Waals surface area contributed by atoms with Crippen LogP contribution in [-0.2, 0) is 0 Å². The summed E-state index contributed by atoms with van der Waals surface area (Å²) in [6, 6.07) is 4.62. The number of phenolic OH excluding ortho intramolecular Hbond substituents is 2. The normalized spacial score (nSPS) is 10.1. The number of nitrogens with zero attached hydrogens (tertiary/aromatic N) is 1. The lowest BCUT2D eigenvalue weighted by molar-refractivity contribution is 0.0690. The van der Waals surface area contributed by atoms with E-state index < -0.39 is 17.6 Å². The van der Waals surface area contributed by atoms with E-state index in [0.29, 0.717) is 0 Å². The fraction of sp³-hybridized carbons (Fsp3) is 0. The predicted molar refractivity (Wildman–Crippen MR) is 63.3 cm³/mol. The minimum Gasteiger partial charge on any atom is -0.508 e. The number of hydrogen-bond donors (Lipinski definition) is 5. The lowest BCUT2D eigenvalue weighted by Crippen LogP contribution is -2.12. The molecule has 0 aliphatic rings. The van der Waals surface area contributed by atoms with E-state index in [2.05, 4.69) is 15.5 Å². The molecular formula is C11H9N3O5. The van der Waals surface area contributed by atoms with Crippen LogP contribution in [0.4, 0.5) is 5.82 Å². The van der Waals surface area contributed by atoms with E-state index in [-0.39, 0.29) is 22.8 Å². The summed E-state index contributed by atoms with van der Waals surface area (Å²) in [7, 11) is 0. The Labute approximate surface area is 106 Å². The number of carboxylic acids is 1. The zero-order valence-corrected chi connectivity index (χ0v) is 9.41. The maximum absolute atomic E-state index is 11.8. The number of carbonyl (C=O) groups is 2. The van der Waals surface area contributed by atoms with Gasteiger partial charge in [0.15, 0.2) is 5.82 Å². The molecule has 98 valence electrons. The van der Waals surface area contributed by atoms with Crippen LogP contribution in [0, 0.1) is 0 Å². The van der Waals surface area contributed by atoms with Crippen LogP contribution >= 0.6 is 0 Å². The van der Waals surface area contributed by atoms with Crippen molar-refractivity contribution in [3.63, 3.8) is 0 Å². The Kier molecular flexibility index (Phi) is 3.06. The minimum absolute atomic E-state index is 0.00914. The summed E-state index contributed by atoms with van der Waals surface area (Å²) in [6.45, 7) is 0. The number of aromatic nitrogens is 2.